The van der Waals surface area contributed by atoms with Crippen LogP contribution in [0, 0.1) is 6.92 Å². The second-order valence-electron chi connectivity index (χ2n) is 1.49. The van der Waals surface area contributed by atoms with Crippen LogP contribution in [0.25, 0.3) is 0 Å². The van der Waals surface area contributed by atoms with Crippen LogP contribution < -0.4 is 0 Å². The topological polar surface area (TPSA) is 0 Å². The molecular weight excluding hydrogens is 104 g/mol. The van der Waals surface area contributed by atoms with Crippen LogP contribution in [-0.4, -0.2) is 0 Å². The Morgan fingerprint density at radius 2 is 2.43 bits per heavy atom. The molecule has 1 heterocycles. The summed E-state index contributed by atoms with van der Waals surface area (Å²) in [5.41, 5.74) is 1.34. The van der Waals surface area contributed by atoms with Crippen LogP contribution >= 0.6 is 11.3 Å². The Morgan fingerprint density at radius 3 is 2.71 bits per heavy atom. The summed E-state index contributed by atoms with van der Waals surface area (Å²) >= 11 is 1.73. The zero-order valence-corrected chi connectivity index (χ0v) is 5.03. The third kappa shape index (κ3) is 1.24. The Balaban J connectivity index is 3.02. The standard InChI is InChI=1S/C6H7S/c1-6-3-2-4-7-5-6/h2-5H,1H3/q+1. The van der Waals surface area contributed by atoms with E-state index in [1.165, 1.54) is 5.56 Å². The fraction of sp³-hybridized carbons (Fsp3) is 0.167. The molecule has 0 bridgehead atoms. The van der Waals surface area contributed by atoms with Gasteiger partial charge >= 0.3 is 0 Å². The lowest BCUT2D eigenvalue weighted by Gasteiger charge is -1.72. The Bertz CT molecular complexity index is 134. The lowest BCUT2D eigenvalue weighted by molar-refractivity contribution is 1.53. The Morgan fingerprint density at radius 1 is 1.57 bits per heavy atom. The molecule has 0 nitrogen and oxygen atoms in total. The Kier molecular flexibility index (Phi) is 1.37. The third-order valence-electron chi connectivity index (χ3n) is 0.770. The normalized spacial score (nSPS) is 8.71. The highest BCUT2D eigenvalue weighted by atomic mass is 32.1. The lowest BCUT2D eigenvalue weighted by Crippen LogP contribution is -1.59. The van der Waals surface area contributed by atoms with Gasteiger partial charge in [0.2, 0.25) is 11.3 Å². The van der Waals surface area contributed by atoms with Gasteiger partial charge in [0.25, 0.3) is 0 Å². The Labute approximate surface area is 47.4 Å². The molecule has 0 atom stereocenters. The van der Waals surface area contributed by atoms with E-state index in [1.807, 2.05) is 0 Å². The zero-order chi connectivity index (χ0) is 5.11. The first-order chi connectivity index (χ1) is 3.39. The fourth-order valence-electron chi connectivity index (χ4n) is 0.422. The van der Waals surface area contributed by atoms with E-state index in [2.05, 4.69) is 29.8 Å². The van der Waals surface area contributed by atoms with Crippen LogP contribution in [-0.2, 0) is 0 Å². The maximum absolute atomic E-state index is 2.12. The maximum Gasteiger partial charge on any atom is 0.211 e. The molecule has 7 heavy (non-hydrogen) atoms. The summed E-state index contributed by atoms with van der Waals surface area (Å²) in [7, 11) is 0. The van der Waals surface area contributed by atoms with Crippen LogP contribution in [0.15, 0.2) is 22.9 Å². The molecule has 0 unspecified atom stereocenters. The van der Waals surface area contributed by atoms with E-state index >= 15 is 0 Å². The summed E-state index contributed by atoms with van der Waals surface area (Å²) in [5.74, 6) is 0. The van der Waals surface area contributed by atoms with Gasteiger partial charge in [0.15, 0.2) is 10.8 Å². The quantitative estimate of drug-likeness (QED) is 0.451. The van der Waals surface area contributed by atoms with Crippen molar-refractivity contribution < 1.29 is 0 Å². The summed E-state index contributed by atoms with van der Waals surface area (Å²) in [4.78, 5) is 0. The predicted molar refractivity (Wildman–Crippen MR) is 33.5 cm³/mol. The van der Waals surface area contributed by atoms with Gasteiger partial charge in [-0.1, -0.05) is 0 Å². The van der Waals surface area contributed by atoms with Crippen molar-refractivity contribution >= 4 is 11.3 Å². The summed E-state index contributed by atoms with van der Waals surface area (Å²) in [6.45, 7) is 2.09. The Hall–Kier alpha value is -0.430. The molecule has 36 valence electrons. The van der Waals surface area contributed by atoms with Crippen LogP contribution in [0.5, 0.6) is 0 Å². The fourth-order valence-corrected chi connectivity index (χ4v) is 0.963. The second kappa shape index (κ2) is 2.03. The molecule has 0 radical (unpaired) electrons. The predicted octanol–water partition coefficient (Wildman–Crippen LogP) is 2.34. The molecule has 1 rings (SSSR count). The smallest absolute Gasteiger partial charge is 0.0494 e. The van der Waals surface area contributed by atoms with Gasteiger partial charge in [-0.2, -0.15) is 0 Å². The molecule has 0 spiro atoms. The highest BCUT2D eigenvalue weighted by molar-refractivity contribution is 7.07. The summed E-state index contributed by atoms with van der Waals surface area (Å²) in [6, 6.07) is 4.15. The maximum atomic E-state index is 2.12. The molecule has 0 aliphatic heterocycles. The van der Waals surface area contributed by atoms with Gasteiger partial charge in [-0.25, -0.2) is 0 Å². The van der Waals surface area contributed by atoms with Gasteiger partial charge in [-0.15, -0.1) is 0 Å². The van der Waals surface area contributed by atoms with Crippen molar-refractivity contribution in [1.82, 2.24) is 0 Å². The first kappa shape index (κ1) is 4.72. The average molecular weight is 111 g/mol. The minimum absolute atomic E-state index is 1.34. The van der Waals surface area contributed by atoms with Crippen molar-refractivity contribution in [3.05, 3.63) is 28.5 Å². The SMILES string of the molecule is Cc1ccc[s+]c1. The third-order valence-corrected chi connectivity index (χ3v) is 1.59. The highest BCUT2D eigenvalue weighted by Crippen LogP contribution is 1.99. The zero-order valence-electron chi connectivity index (χ0n) is 4.22. The van der Waals surface area contributed by atoms with E-state index in [-0.39, 0.29) is 0 Å². The first-order valence-electron chi connectivity index (χ1n) is 2.22. The number of hydrogen-bond donors (Lipinski definition) is 0. The van der Waals surface area contributed by atoms with Crippen molar-refractivity contribution in [2.24, 2.45) is 0 Å². The van der Waals surface area contributed by atoms with Crippen LogP contribution in [0.3, 0.4) is 0 Å². The monoisotopic (exact) mass is 111 g/mol. The number of rotatable bonds is 0. The lowest BCUT2D eigenvalue weighted by atomic mass is 10.4. The summed E-state index contributed by atoms with van der Waals surface area (Å²) in [6.07, 6.45) is 0. The van der Waals surface area contributed by atoms with Gasteiger partial charge in [-0.05, 0) is 19.1 Å². The minimum Gasteiger partial charge on any atom is -0.0494 e. The largest absolute Gasteiger partial charge is 0.211 e. The molecule has 0 amide bonds. The molecule has 0 saturated heterocycles. The summed E-state index contributed by atoms with van der Waals surface area (Å²) in [5, 5.41) is 4.19. The van der Waals surface area contributed by atoms with E-state index in [0.29, 0.717) is 0 Å². The molecule has 0 aliphatic carbocycles. The molecule has 0 aromatic carbocycles. The van der Waals surface area contributed by atoms with Crippen molar-refractivity contribution in [2.45, 2.75) is 6.92 Å². The molecule has 0 N–H and O–H groups in total. The summed E-state index contributed by atoms with van der Waals surface area (Å²) < 4.78 is 0. The van der Waals surface area contributed by atoms with Gasteiger partial charge in [0.05, 0.1) is 0 Å². The molecule has 1 aromatic rings. The number of aryl methyl sites for hydroxylation is 1. The van der Waals surface area contributed by atoms with Gasteiger partial charge in [-0.3, -0.25) is 0 Å². The van der Waals surface area contributed by atoms with Gasteiger partial charge in [0.1, 0.15) is 0 Å². The van der Waals surface area contributed by atoms with Crippen LogP contribution in [0.1, 0.15) is 5.56 Å². The first-order valence-corrected chi connectivity index (χ1v) is 3.16. The molecule has 0 aliphatic rings. The van der Waals surface area contributed by atoms with Crippen LogP contribution in [0.4, 0.5) is 0 Å². The molecule has 1 heteroatoms. The number of hydrogen-bond acceptors (Lipinski definition) is 0. The average Bonchev–Trinajstić information content (AvgIpc) is 1.69. The molecule has 1 aromatic heterocycles. The molecule has 0 saturated carbocycles. The van der Waals surface area contributed by atoms with E-state index in [0.717, 1.165) is 0 Å². The molecular formula is C6H7S+. The van der Waals surface area contributed by atoms with Crippen molar-refractivity contribution in [3.63, 3.8) is 0 Å². The van der Waals surface area contributed by atoms with Crippen molar-refractivity contribution in [3.8, 4) is 0 Å². The van der Waals surface area contributed by atoms with Crippen molar-refractivity contribution in [1.29, 1.82) is 0 Å². The van der Waals surface area contributed by atoms with E-state index in [1.54, 1.807) is 11.3 Å². The van der Waals surface area contributed by atoms with Gasteiger partial charge in [0, 0.05) is 5.56 Å². The molecule has 0 fully saturated rings. The highest BCUT2D eigenvalue weighted by Gasteiger charge is 1.85. The van der Waals surface area contributed by atoms with Crippen LogP contribution in [0.2, 0.25) is 0 Å². The van der Waals surface area contributed by atoms with Crippen molar-refractivity contribution in [2.75, 3.05) is 0 Å². The van der Waals surface area contributed by atoms with E-state index in [4.69, 9.17) is 0 Å². The second-order valence-corrected chi connectivity index (χ2v) is 2.27. The van der Waals surface area contributed by atoms with E-state index in [9.17, 15) is 0 Å². The van der Waals surface area contributed by atoms with Gasteiger partial charge < -0.3 is 0 Å². The van der Waals surface area contributed by atoms with E-state index < -0.39 is 0 Å². The minimum atomic E-state index is 1.34.